The van der Waals surface area contributed by atoms with Crippen molar-refractivity contribution in [3.8, 4) is 11.8 Å². The fourth-order valence-corrected chi connectivity index (χ4v) is 1.39. The fraction of sp³-hybridized carbons (Fsp3) is 0.357. The number of carbonyl (C=O) groups excluding carboxylic acids is 1. The molecule has 0 unspecified atom stereocenters. The van der Waals surface area contributed by atoms with E-state index in [1.807, 2.05) is 6.92 Å². The molecule has 0 atom stereocenters. The van der Waals surface area contributed by atoms with Crippen LogP contribution in [0.25, 0.3) is 0 Å². The number of hydrogen-bond donors (Lipinski definition) is 2. The maximum Gasteiger partial charge on any atom is 0.251 e. The molecule has 0 spiro atoms. The molecule has 4 nitrogen and oxygen atoms in total. The minimum atomic E-state index is -0.529. The summed E-state index contributed by atoms with van der Waals surface area (Å²) < 4.78 is 18.7. The van der Waals surface area contributed by atoms with E-state index >= 15 is 0 Å². The largest absolute Gasteiger partial charge is 0.380 e. The number of rotatable bonds is 5. The highest BCUT2D eigenvalue weighted by atomic mass is 19.1. The van der Waals surface area contributed by atoms with E-state index in [2.05, 4.69) is 17.2 Å². The SMILES string of the molecule is CCOCCNC(=O)c1ccc(C#CCN)c(F)c1. The lowest BCUT2D eigenvalue weighted by Gasteiger charge is -2.05. The number of hydrogen-bond acceptors (Lipinski definition) is 3. The van der Waals surface area contributed by atoms with Gasteiger partial charge in [0, 0.05) is 18.7 Å². The molecule has 1 amide bonds. The third kappa shape index (κ3) is 5.08. The third-order valence-corrected chi connectivity index (χ3v) is 2.29. The summed E-state index contributed by atoms with van der Waals surface area (Å²) in [7, 11) is 0. The number of ether oxygens (including phenoxy) is 1. The van der Waals surface area contributed by atoms with Gasteiger partial charge in [-0.3, -0.25) is 4.79 Å². The molecule has 0 aromatic heterocycles. The number of nitrogens with one attached hydrogen (secondary N) is 1. The Hall–Kier alpha value is -1.90. The monoisotopic (exact) mass is 264 g/mol. The van der Waals surface area contributed by atoms with Crippen LogP contribution >= 0.6 is 0 Å². The first-order valence-electron chi connectivity index (χ1n) is 6.03. The van der Waals surface area contributed by atoms with Gasteiger partial charge in [-0.25, -0.2) is 4.39 Å². The first-order valence-corrected chi connectivity index (χ1v) is 6.03. The van der Waals surface area contributed by atoms with Crippen molar-refractivity contribution < 1.29 is 13.9 Å². The zero-order valence-corrected chi connectivity index (χ0v) is 10.8. The molecule has 0 saturated heterocycles. The van der Waals surface area contributed by atoms with Gasteiger partial charge in [-0.05, 0) is 25.1 Å². The molecule has 5 heteroatoms. The van der Waals surface area contributed by atoms with Crippen molar-refractivity contribution in [2.24, 2.45) is 5.73 Å². The van der Waals surface area contributed by atoms with Crippen molar-refractivity contribution in [3.05, 3.63) is 35.1 Å². The molecule has 0 aliphatic heterocycles. The molecular weight excluding hydrogens is 247 g/mol. The zero-order chi connectivity index (χ0) is 14.1. The van der Waals surface area contributed by atoms with Crippen LogP contribution in [0.4, 0.5) is 4.39 Å². The molecule has 1 aromatic carbocycles. The van der Waals surface area contributed by atoms with E-state index in [1.54, 1.807) is 0 Å². The lowest BCUT2D eigenvalue weighted by molar-refractivity contribution is 0.0922. The second kappa shape index (κ2) is 8.25. The molecule has 0 bridgehead atoms. The van der Waals surface area contributed by atoms with E-state index in [-0.39, 0.29) is 23.6 Å². The molecule has 0 aliphatic rings. The Morgan fingerprint density at radius 3 is 2.95 bits per heavy atom. The molecule has 1 rings (SSSR count). The Labute approximate surface area is 112 Å². The minimum Gasteiger partial charge on any atom is -0.380 e. The highest BCUT2D eigenvalue weighted by molar-refractivity contribution is 5.94. The van der Waals surface area contributed by atoms with Crippen molar-refractivity contribution in [1.82, 2.24) is 5.32 Å². The topological polar surface area (TPSA) is 64.3 Å². The Kier molecular flexibility index (Phi) is 6.58. The highest BCUT2D eigenvalue weighted by Crippen LogP contribution is 2.09. The summed E-state index contributed by atoms with van der Waals surface area (Å²) in [6.45, 7) is 3.46. The molecule has 102 valence electrons. The number of benzene rings is 1. The second-order valence-corrected chi connectivity index (χ2v) is 3.65. The van der Waals surface area contributed by atoms with Crippen LogP contribution < -0.4 is 11.1 Å². The second-order valence-electron chi connectivity index (χ2n) is 3.65. The summed E-state index contributed by atoms with van der Waals surface area (Å²) in [6.07, 6.45) is 0. The van der Waals surface area contributed by atoms with Crippen LogP contribution in [0, 0.1) is 17.7 Å². The van der Waals surface area contributed by atoms with Crippen LogP contribution in [0.1, 0.15) is 22.8 Å². The van der Waals surface area contributed by atoms with Gasteiger partial charge in [0.25, 0.3) is 5.91 Å². The molecule has 0 fully saturated rings. The van der Waals surface area contributed by atoms with Crippen molar-refractivity contribution in [2.75, 3.05) is 26.3 Å². The maximum atomic E-state index is 13.6. The molecular formula is C14H17FN2O2. The van der Waals surface area contributed by atoms with Crippen molar-refractivity contribution in [2.45, 2.75) is 6.92 Å². The van der Waals surface area contributed by atoms with Crippen molar-refractivity contribution in [1.29, 1.82) is 0 Å². The average Bonchev–Trinajstić information content (AvgIpc) is 2.42. The number of nitrogens with two attached hydrogens (primary N) is 1. The van der Waals surface area contributed by atoms with Crippen LogP contribution in [-0.4, -0.2) is 32.2 Å². The number of amides is 1. The Morgan fingerprint density at radius 1 is 1.53 bits per heavy atom. The molecule has 0 aliphatic carbocycles. The quantitative estimate of drug-likeness (QED) is 0.613. The predicted octanol–water partition coefficient (Wildman–Crippen LogP) is 0.902. The van der Waals surface area contributed by atoms with E-state index in [9.17, 15) is 9.18 Å². The van der Waals surface area contributed by atoms with E-state index < -0.39 is 5.82 Å². The lowest BCUT2D eigenvalue weighted by atomic mass is 10.1. The van der Waals surface area contributed by atoms with E-state index in [1.165, 1.54) is 12.1 Å². The average molecular weight is 264 g/mol. The molecule has 0 saturated carbocycles. The Morgan fingerprint density at radius 2 is 2.32 bits per heavy atom. The van der Waals surface area contributed by atoms with E-state index in [0.29, 0.717) is 19.8 Å². The van der Waals surface area contributed by atoms with Gasteiger partial charge in [-0.2, -0.15) is 0 Å². The van der Waals surface area contributed by atoms with Gasteiger partial charge in [0.05, 0.1) is 18.7 Å². The van der Waals surface area contributed by atoms with Gasteiger partial charge >= 0.3 is 0 Å². The van der Waals surface area contributed by atoms with Crippen LogP contribution in [0.15, 0.2) is 18.2 Å². The maximum absolute atomic E-state index is 13.6. The molecule has 0 heterocycles. The van der Waals surface area contributed by atoms with Crippen LogP contribution in [0.2, 0.25) is 0 Å². The minimum absolute atomic E-state index is 0.166. The van der Waals surface area contributed by atoms with Gasteiger partial charge in [0.2, 0.25) is 0 Å². The highest BCUT2D eigenvalue weighted by Gasteiger charge is 2.08. The molecule has 0 radical (unpaired) electrons. The molecule has 3 N–H and O–H groups in total. The predicted molar refractivity (Wildman–Crippen MR) is 71.2 cm³/mol. The van der Waals surface area contributed by atoms with Gasteiger partial charge in [-0.1, -0.05) is 11.8 Å². The summed E-state index contributed by atoms with van der Waals surface area (Å²) in [4.78, 5) is 11.7. The van der Waals surface area contributed by atoms with E-state index in [4.69, 9.17) is 10.5 Å². The number of carbonyl (C=O) groups is 1. The standard InChI is InChI=1S/C14H17FN2O2/c1-2-19-9-8-17-14(18)12-6-5-11(4-3-7-16)13(15)10-12/h5-6,10H,2,7-9,16H2,1H3,(H,17,18). The van der Waals surface area contributed by atoms with Crippen molar-refractivity contribution in [3.63, 3.8) is 0 Å². The Bertz CT molecular complexity index is 492. The smallest absolute Gasteiger partial charge is 0.251 e. The summed E-state index contributed by atoms with van der Waals surface area (Å²) in [5.41, 5.74) is 5.70. The summed E-state index contributed by atoms with van der Waals surface area (Å²) in [6, 6.07) is 4.16. The zero-order valence-electron chi connectivity index (χ0n) is 10.8. The summed E-state index contributed by atoms with van der Waals surface area (Å²) in [5.74, 6) is 4.29. The van der Waals surface area contributed by atoms with Gasteiger partial charge in [0.15, 0.2) is 0 Å². The summed E-state index contributed by atoms with van der Waals surface area (Å²) >= 11 is 0. The number of halogens is 1. The lowest BCUT2D eigenvalue weighted by Crippen LogP contribution is -2.27. The van der Waals surface area contributed by atoms with Gasteiger partial charge in [-0.15, -0.1) is 0 Å². The van der Waals surface area contributed by atoms with E-state index in [0.717, 1.165) is 6.07 Å². The summed E-state index contributed by atoms with van der Waals surface area (Å²) in [5, 5.41) is 2.64. The van der Waals surface area contributed by atoms with Crippen LogP contribution in [0.5, 0.6) is 0 Å². The van der Waals surface area contributed by atoms with Crippen LogP contribution in [-0.2, 0) is 4.74 Å². The normalized spacial score (nSPS) is 9.63. The third-order valence-electron chi connectivity index (χ3n) is 2.29. The Balaban J connectivity index is 2.64. The van der Waals surface area contributed by atoms with Crippen LogP contribution in [0.3, 0.4) is 0 Å². The molecule has 1 aromatic rings. The van der Waals surface area contributed by atoms with Gasteiger partial charge < -0.3 is 15.8 Å². The van der Waals surface area contributed by atoms with Gasteiger partial charge in [0.1, 0.15) is 5.82 Å². The van der Waals surface area contributed by atoms with Crippen molar-refractivity contribution >= 4 is 5.91 Å². The molecule has 19 heavy (non-hydrogen) atoms. The first kappa shape index (κ1) is 15.2. The first-order chi connectivity index (χ1) is 9.19. The fourth-order valence-electron chi connectivity index (χ4n) is 1.39.